The van der Waals surface area contributed by atoms with Crippen LogP contribution in [0.3, 0.4) is 0 Å². The Balaban J connectivity index is 2.06. The second kappa shape index (κ2) is 6.17. The van der Waals surface area contributed by atoms with Crippen LogP contribution in [0.5, 0.6) is 0 Å². The van der Waals surface area contributed by atoms with Crippen molar-refractivity contribution in [1.82, 2.24) is 15.2 Å². The van der Waals surface area contributed by atoms with Crippen LogP contribution in [0.4, 0.5) is 15.8 Å². The Hall–Kier alpha value is -1.74. The zero-order valence-corrected chi connectivity index (χ0v) is 14.5. The normalized spacial score (nSPS) is 10.7. The van der Waals surface area contributed by atoms with Crippen molar-refractivity contribution in [3.8, 4) is 11.4 Å². The molecule has 3 aromatic rings. The van der Waals surface area contributed by atoms with Gasteiger partial charge in [-0.05, 0) is 83.7 Å². The molecule has 0 aliphatic rings. The second-order valence-corrected chi connectivity index (χ2v) is 6.42. The van der Waals surface area contributed by atoms with E-state index in [0.717, 1.165) is 20.4 Å². The summed E-state index contributed by atoms with van der Waals surface area (Å²) >= 11 is 7.23. The molecule has 0 spiro atoms. The maximum absolute atomic E-state index is 13.6. The largest absolute Gasteiger partial charge is 0.355 e. The van der Waals surface area contributed by atoms with Crippen LogP contribution in [-0.4, -0.2) is 15.2 Å². The van der Waals surface area contributed by atoms with E-state index in [1.165, 1.54) is 12.1 Å². The van der Waals surface area contributed by atoms with E-state index in [2.05, 4.69) is 49.2 Å². The van der Waals surface area contributed by atoms with Gasteiger partial charge in [0.2, 0.25) is 4.77 Å². The monoisotopic (exact) mass is 426 g/mol. The molecule has 3 N–H and O–H groups in total. The van der Waals surface area contributed by atoms with E-state index >= 15 is 0 Å². The number of hydrogen-bond donors (Lipinski definition) is 3. The summed E-state index contributed by atoms with van der Waals surface area (Å²) in [7, 11) is 0. The Bertz CT molecular complexity index is 887. The van der Waals surface area contributed by atoms with Crippen LogP contribution in [0.2, 0.25) is 0 Å². The lowest BCUT2D eigenvalue weighted by Crippen LogP contribution is -1.97. The first kappa shape index (κ1) is 15.2. The number of aromatic amines is 2. The van der Waals surface area contributed by atoms with Gasteiger partial charge in [-0.25, -0.2) is 4.39 Å². The Morgan fingerprint density at radius 3 is 2.64 bits per heavy atom. The van der Waals surface area contributed by atoms with E-state index < -0.39 is 0 Å². The van der Waals surface area contributed by atoms with E-state index in [1.807, 2.05) is 19.1 Å². The van der Waals surface area contributed by atoms with Crippen LogP contribution in [0.25, 0.3) is 11.4 Å². The number of aromatic nitrogens is 3. The van der Waals surface area contributed by atoms with Crippen LogP contribution >= 0.6 is 34.8 Å². The van der Waals surface area contributed by atoms with Crippen LogP contribution < -0.4 is 5.32 Å². The smallest absolute Gasteiger partial charge is 0.213 e. The van der Waals surface area contributed by atoms with Crippen molar-refractivity contribution in [3.05, 3.63) is 56.1 Å². The van der Waals surface area contributed by atoms with Gasteiger partial charge in [0.25, 0.3) is 0 Å². The molecule has 1 heterocycles. The summed E-state index contributed by atoms with van der Waals surface area (Å²) in [6.07, 6.45) is 0. The molecule has 112 valence electrons. The summed E-state index contributed by atoms with van der Waals surface area (Å²) in [5, 5.41) is 8.90. The molecule has 0 unspecified atom stereocenters. The fourth-order valence-corrected chi connectivity index (χ4v) is 2.93. The van der Waals surface area contributed by atoms with Crippen molar-refractivity contribution in [2.24, 2.45) is 0 Å². The first-order valence-electron chi connectivity index (χ1n) is 6.51. The van der Waals surface area contributed by atoms with Crippen LogP contribution in [0, 0.1) is 21.1 Å². The molecule has 2 aromatic carbocycles. The highest BCUT2D eigenvalue weighted by molar-refractivity contribution is 14.1. The number of hydrogen-bond acceptors (Lipinski definition) is 3. The predicted octanol–water partition coefficient (Wildman–Crippen LogP) is 4.93. The number of anilines is 2. The molecule has 3 rings (SSSR count). The number of H-pyrrole nitrogens is 2. The third-order valence-electron chi connectivity index (χ3n) is 3.20. The van der Waals surface area contributed by atoms with Gasteiger partial charge in [0, 0.05) is 14.8 Å². The Kier molecular flexibility index (Phi) is 4.25. The minimum Gasteiger partial charge on any atom is -0.355 e. The lowest BCUT2D eigenvalue weighted by atomic mass is 10.1. The van der Waals surface area contributed by atoms with Gasteiger partial charge >= 0.3 is 0 Å². The van der Waals surface area contributed by atoms with Gasteiger partial charge in [-0.1, -0.05) is 0 Å². The molecule has 0 aliphatic carbocycles. The molecule has 0 atom stereocenters. The van der Waals surface area contributed by atoms with Crippen LogP contribution in [-0.2, 0) is 0 Å². The maximum atomic E-state index is 13.6. The Morgan fingerprint density at radius 2 is 1.95 bits per heavy atom. The second-order valence-electron chi connectivity index (χ2n) is 4.79. The molecule has 0 amide bonds. The van der Waals surface area contributed by atoms with Gasteiger partial charge in [0.1, 0.15) is 5.82 Å². The fourth-order valence-electron chi connectivity index (χ4n) is 2.14. The molecule has 22 heavy (non-hydrogen) atoms. The number of aryl methyl sites for hydroxylation is 1. The van der Waals surface area contributed by atoms with Crippen molar-refractivity contribution < 1.29 is 4.39 Å². The van der Waals surface area contributed by atoms with Gasteiger partial charge < -0.3 is 5.32 Å². The molecule has 0 aliphatic heterocycles. The third kappa shape index (κ3) is 3.20. The highest BCUT2D eigenvalue weighted by Crippen LogP contribution is 2.30. The third-order valence-corrected chi connectivity index (χ3v) is 4.06. The molecule has 7 heteroatoms. The summed E-state index contributed by atoms with van der Waals surface area (Å²) in [5.41, 5.74) is 3.37. The molecule has 0 radical (unpaired) electrons. The summed E-state index contributed by atoms with van der Waals surface area (Å²) in [6.45, 7) is 2.01. The lowest BCUT2D eigenvalue weighted by molar-refractivity contribution is 0.628. The van der Waals surface area contributed by atoms with E-state index in [-0.39, 0.29) is 5.82 Å². The number of nitrogens with one attached hydrogen (secondary N) is 3. The van der Waals surface area contributed by atoms with E-state index in [4.69, 9.17) is 12.2 Å². The first-order valence-corrected chi connectivity index (χ1v) is 7.99. The van der Waals surface area contributed by atoms with Crippen LogP contribution in [0.1, 0.15) is 5.56 Å². The van der Waals surface area contributed by atoms with E-state index in [1.54, 1.807) is 6.07 Å². The predicted molar refractivity (Wildman–Crippen MR) is 96.3 cm³/mol. The van der Waals surface area contributed by atoms with Crippen molar-refractivity contribution in [3.63, 3.8) is 0 Å². The quantitative estimate of drug-likeness (QED) is 0.411. The number of rotatable bonds is 3. The SMILES string of the molecule is Cc1cc(I)ccc1Nc1cc(F)ccc1-c1nc(=S)[nH][nH]1. The summed E-state index contributed by atoms with van der Waals surface area (Å²) < 4.78 is 15.1. The first-order chi connectivity index (χ1) is 10.5. The molecular formula is C15H12FIN4S. The van der Waals surface area contributed by atoms with E-state index in [0.29, 0.717) is 16.3 Å². The molecular weight excluding hydrogens is 414 g/mol. The molecule has 4 nitrogen and oxygen atoms in total. The average Bonchev–Trinajstić information content (AvgIpc) is 2.88. The fraction of sp³-hybridized carbons (Fsp3) is 0.0667. The van der Waals surface area contributed by atoms with Gasteiger partial charge in [0.05, 0.1) is 5.69 Å². The average molecular weight is 426 g/mol. The van der Waals surface area contributed by atoms with Crippen molar-refractivity contribution in [1.29, 1.82) is 0 Å². The summed E-state index contributed by atoms with van der Waals surface area (Å²) in [4.78, 5) is 4.19. The molecule has 0 saturated carbocycles. The van der Waals surface area contributed by atoms with Crippen LogP contribution in [0.15, 0.2) is 36.4 Å². The van der Waals surface area contributed by atoms with Gasteiger partial charge in [-0.3, -0.25) is 10.2 Å². The maximum Gasteiger partial charge on any atom is 0.213 e. The zero-order valence-electron chi connectivity index (χ0n) is 11.6. The molecule has 0 fully saturated rings. The Labute approximate surface area is 145 Å². The molecule has 1 aromatic heterocycles. The van der Waals surface area contributed by atoms with E-state index in [9.17, 15) is 4.39 Å². The van der Waals surface area contributed by atoms with Gasteiger partial charge in [-0.2, -0.15) is 4.98 Å². The summed E-state index contributed by atoms with van der Waals surface area (Å²) in [5.74, 6) is 0.249. The van der Waals surface area contributed by atoms with Crippen molar-refractivity contribution in [2.45, 2.75) is 6.92 Å². The number of benzene rings is 2. The highest BCUT2D eigenvalue weighted by Gasteiger charge is 2.11. The zero-order chi connectivity index (χ0) is 15.7. The minimum atomic E-state index is -0.316. The van der Waals surface area contributed by atoms with Crippen molar-refractivity contribution in [2.75, 3.05) is 5.32 Å². The highest BCUT2D eigenvalue weighted by atomic mass is 127. The standard InChI is InChI=1S/C15H12FIN4S/c1-8-6-10(17)3-5-12(8)18-13-7-9(16)2-4-11(13)14-19-15(22)21-20-14/h2-7,18H,1H3,(H2,19,20,21,22). The lowest BCUT2D eigenvalue weighted by Gasteiger charge is -2.13. The molecule has 0 bridgehead atoms. The Morgan fingerprint density at radius 1 is 1.14 bits per heavy atom. The minimum absolute atomic E-state index is 0.316. The number of halogens is 2. The van der Waals surface area contributed by atoms with Gasteiger partial charge in [0.15, 0.2) is 5.82 Å². The molecule has 0 saturated heterocycles. The summed E-state index contributed by atoms with van der Waals surface area (Å²) in [6, 6.07) is 10.5. The van der Waals surface area contributed by atoms with Gasteiger partial charge in [-0.15, -0.1) is 0 Å². The van der Waals surface area contributed by atoms with Crippen molar-refractivity contribution >= 4 is 46.2 Å². The number of nitrogens with zero attached hydrogens (tertiary/aromatic N) is 1. The topological polar surface area (TPSA) is 56.5 Å².